The van der Waals surface area contributed by atoms with Crippen LogP contribution in [-0.4, -0.2) is 21.0 Å². The van der Waals surface area contributed by atoms with E-state index in [1.165, 1.54) is 16.7 Å². The summed E-state index contributed by atoms with van der Waals surface area (Å²) in [4.78, 5) is 21.0. The Kier molecular flexibility index (Phi) is 6.19. The van der Waals surface area contributed by atoms with Gasteiger partial charge in [0.1, 0.15) is 6.04 Å². The zero-order chi connectivity index (χ0) is 20.1. The molecule has 1 unspecified atom stereocenters. The minimum absolute atomic E-state index is 0.0256. The molecule has 0 aliphatic carbocycles. The lowest BCUT2D eigenvalue weighted by molar-refractivity contribution is -0.122. The van der Waals surface area contributed by atoms with Crippen molar-refractivity contribution in [1.82, 2.24) is 20.4 Å². The largest absolute Gasteiger partial charge is 0.344 e. The molecule has 1 atom stereocenters. The summed E-state index contributed by atoms with van der Waals surface area (Å²) in [7, 11) is 0. The molecule has 1 amide bonds. The Morgan fingerprint density at radius 3 is 2.57 bits per heavy atom. The summed E-state index contributed by atoms with van der Waals surface area (Å²) in [6, 6.07) is 9.63. The minimum Gasteiger partial charge on any atom is -0.344 e. The van der Waals surface area contributed by atoms with Gasteiger partial charge in [-0.1, -0.05) is 42.8 Å². The van der Waals surface area contributed by atoms with E-state index in [2.05, 4.69) is 52.5 Å². The van der Waals surface area contributed by atoms with Crippen LogP contribution in [0.15, 0.2) is 47.2 Å². The molecule has 0 saturated heterocycles. The number of nitrogens with zero attached hydrogens (tertiary/aromatic N) is 3. The van der Waals surface area contributed by atoms with E-state index in [1.807, 2.05) is 26.0 Å². The van der Waals surface area contributed by atoms with Crippen molar-refractivity contribution < 1.29 is 9.32 Å². The van der Waals surface area contributed by atoms with Crippen LogP contribution < -0.4 is 5.32 Å². The third-order valence-corrected chi connectivity index (χ3v) is 4.75. The number of carbonyl (C=O) groups is 1. The van der Waals surface area contributed by atoms with Crippen LogP contribution in [0, 0.1) is 19.8 Å². The molecule has 2 heterocycles. The lowest BCUT2D eigenvalue weighted by Gasteiger charge is -2.18. The number of hydrogen-bond donors (Lipinski definition) is 1. The van der Waals surface area contributed by atoms with E-state index in [-0.39, 0.29) is 17.9 Å². The van der Waals surface area contributed by atoms with Crippen molar-refractivity contribution in [2.24, 2.45) is 5.92 Å². The highest BCUT2D eigenvalue weighted by Crippen LogP contribution is 2.23. The van der Waals surface area contributed by atoms with Crippen molar-refractivity contribution in [2.45, 2.75) is 46.6 Å². The van der Waals surface area contributed by atoms with Gasteiger partial charge >= 0.3 is 0 Å². The minimum atomic E-state index is -0.324. The number of pyridine rings is 1. The highest BCUT2D eigenvalue weighted by molar-refractivity contribution is 5.76. The van der Waals surface area contributed by atoms with Gasteiger partial charge in [-0.25, -0.2) is 0 Å². The van der Waals surface area contributed by atoms with Gasteiger partial charge < -0.3 is 9.84 Å². The van der Waals surface area contributed by atoms with E-state index >= 15 is 0 Å². The second kappa shape index (κ2) is 8.78. The third kappa shape index (κ3) is 4.82. The molecule has 0 aliphatic heterocycles. The summed E-state index contributed by atoms with van der Waals surface area (Å²) in [5.74, 6) is 1.01. The van der Waals surface area contributed by atoms with Crippen LogP contribution in [0.1, 0.15) is 48.9 Å². The molecule has 0 bridgehead atoms. The van der Waals surface area contributed by atoms with Gasteiger partial charge in [0.05, 0.1) is 0 Å². The Balaban J connectivity index is 1.66. The molecule has 2 aromatic heterocycles. The molecule has 28 heavy (non-hydrogen) atoms. The standard InChI is InChI=1S/C22H26N4O2/c1-14(2)20(22-25-21(26-28-22)18-9-11-23-12-10-18)24-19(27)8-7-17-6-5-15(3)13-16(17)4/h5-6,9-14,20H,7-8H2,1-4H3,(H,24,27). The van der Waals surface area contributed by atoms with Crippen LogP contribution in [0.2, 0.25) is 0 Å². The number of aryl methyl sites for hydroxylation is 3. The molecule has 0 radical (unpaired) electrons. The quantitative estimate of drug-likeness (QED) is 0.666. The zero-order valence-electron chi connectivity index (χ0n) is 16.8. The molecule has 0 saturated carbocycles. The van der Waals surface area contributed by atoms with Gasteiger partial charge in [-0.05, 0) is 49.4 Å². The Morgan fingerprint density at radius 2 is 1.89 bits per heavy atom. The second-order valence-corrected chi connectivity index (χ2v) is 7.41. The Morgan fingerprint density at radius 1 is 1.14 bits per heavy atom. The highest BCUT2D eigenvalue weighted by Gasteiger charge is 2.24. The first-order valence-electron chi connectivity index (χ1n) is 9.53. The number of hydrogen-bond acceptors (Lipinski definition) is 5. The Bertz CT molecular complexity index is 935. The predicted molar refractivity (Wildman–Crippen MR) is 107 cm³/mol. The molecule has 0 fully saturated rings. The van der Waals surface area contributed by atoms with Gasteiger partial charge in [-0.15, -0.1) is 0 Å². The average Bonchev–Trinajstić information content (AvgIpc) is 3.15. The van der Waals surface area contributed by atoms with E-state index in [1.54, 1.807) is 12.4 Å². The van der Waals surface area contributed by atoms with E-state index < -0.39 is 0 Å². The normalized spacial score (nSPS) is 12.2. The molecule has 0 spiro atoms. The number of benzene rings is 1. The van der Waals surface area contributed by atoms with Gasteiger partial charge in [0.25, 0.3) is 0 Å². The van der Waals surface area contributed by atoms with Crippen LogP contribution in [-0.2, 0) is 11.2 Å². The summed E-state index contributed by atoms with van der Waals surface area (Å²) in [5, 5.41) is 7.10. The molecule has 146 valence electrons. The summed E-state index contributed by atoms with van der Waals surface area (Å²) in [6.07, 6.45) is 4.48. The molecule has 6 nitrogen and oxygen atoms in total. The van der Waals surface area contributed by atoms with Crippen molar-refractivity contribution in [3.8, 4) is 11.4 Å². The van der Waals surface area contributed by atoms with Crippen LogP contribution in [0.5, 0.6) is 0 Å². The van der Waals surface area contributed by atoms with Gasteiger partial charge in [0.2, 0.25) is 17.6 Å². The number of rotatable bonds is 7. The lowest BCUT2D eigenvalue weighted by Crippen LogP contribution is -2.32. The lowest BCUT2D eigenvalue weighted by atomic mass is 10.0. The van der Waals surface area contributed by atoms with Crippen molar-refractivity contribution in [1.29, 1.82) is 0 Å². The van der Waals surface area contributed by atoms with Gasteiger partial charge in [0.15, 0.2) is 0 Å². The SMILES string of the molecule is Cc1ccc(CCC(=O)NC(c2nc(-c3ccncc3)no2)C(C)C)c(C)c1. The number of aromatic nitrogens is 3. The summed E-state index contributed by atoms with van der Waals surface area (Å²) >= 11 is 0. The van der Waals surface area contributed by atoms with Gasteiger partial charge in [-0.2, -0.15) is 4.98 Å². The molecular formula is C22H26N4O2. The molecule has 3 rings (SSSR count). The molecule has 3 aromatic rings. The molecule has 0 aliphatic rings. The van der Waals surface area contributed by atoms with Crippen molar-refractivity contribution in [3.63, 3.8) is 0 Å². The van der Waals surface area contributed by atoms with Crippen LogP contribution in [0.25, 0.3) is 11.4 Å². The summed E-state index contributed by atoms with van der Waals surface area (Å²) in [6.45, 7) is 8.19. The smallest absolute Gasteiger partial charge is 0.249 e. The first-order chi connectivity index (χ1) is 13.4. The van der Waals surface area contributed by atoms with E-state index in [0.29, 0.717) is 24.6 Å². The first kappa shape index (κ1) is 19.7. The number of carbonyl (C=O) groups excluding carboxylic acids is 1. The first-order valence-corrected chi connectivity index (χ1v) is 9.53. The predicted octanol–water partition coefficient (Wildman–Crippen LogP) is 4.19. The zero-order valence-corrected chi connectivity index (χ0v) is 16.8. The Hall–Kier alpha value is -3.02. The maximum Gasteiger partial charge on any atom is 0.249 e. The Labute approximate surface area is 165 Å². The fourth-order valence-corrected chi connectivity index (χ4v) is 3.11. The van der Waals surface area contributed by atoms with Gasteiger partial charge in [0, 0.05) is 24.4 Å². The summed E-state index contributed by atoms with van der Waals surface area (Å²) in [5.41, 5.74) is 4.47. The number of amides is 1. The fourth-order valence-electron chi connectivity index (χ4n) is 3.11. The molecular weight excluding hydrogens is 352 g/mol. The van der Waals surface area contributed by atoms with Crippen LogP contribution in [0.4, 0.5) is 0 Å². The highest BCUT2D eigenvalue weighted by atomic mass is 16.5. The molecule has 6 heteroatoms. The average molecular weight is 378 g/mol. The van der Waals surface area contributed by atoms with Crippen molar-refractivity contribution in [3.05, 3.63) is 65.3 Å². The number of nitrogens with one attached hydrogen (secondary N) is 1. The maximum absolute atomic E-state index is 12.6. The fraction of sp³-hybridized carbons (Fsp3) is 0.364. The van der Waals surface area contributed by atoms with E-state index in [4.69, 9.17) is 4.52 Å². The van der Waals surface area contributed by atoms with E-state index in [0.717, 1.165) is 5.56 Å². The van der Waals surface area contributed by atoms with E-state index in [9.17, 15) is 4.79 Å². The topological polar surface area (TPSA) is 80.9 Å². The maximum atomic E-state index is 12.6. The molecule has 1 aromatic carbocycles. The summed E-state index contributed by atoms with van der Waals surface area (Å²) < 4.78 is 5.44. The molecule has 1 N–H and O–H groups in total. The van der Waals surface area contributed by atoms with Crippen molar-refractivity contribution in [2.75, 3.05) is 0 Å². The van der Waals surface area contributed by atoms with Crippen LogP contribution in [0.3, 0.4) is 0 Å². The monoisotopic (exact) mass is 378 g/mol. The van der Waals surface area contributed by atoms with Crippen molar-refractivity contribution >= 4 is 5.91 Å². The van der Waals surface area contributed by atoms with Crippen LogP contribution >= 0.6 is 0 Å². The van der Waals surface area contributed by atoms with Gasteiger partial charge in [-0.3, -0.25) is 9.78 Å². The second-order valence-electron chi connectivity index (χ2n) is 7.41. The third-order valence-electron chi connectivity index (χ3n) is 4.75.